The van der Waals surface area contributed by atoms with Crippen molar-refractivity contribution in [1.29, 1.82) is 0 Å². The number of carbonyl (C=O) groups excluding carboxylic acids is 1. The number of carbonyl (C=O) groups is 1. The van der Waals surface area contributed by atoms with E-state index in [1.807, 2.05) is 30.0 Å². The number of piperazine rings is 1. The van der Waals surface area contributed by atoms with Gasteiger partial charge in [0.2, 0.25) is 5.89 Å². The molecule has 1 saturated heterocycles. The summed E-state index contributed by atoms with van der Waals surface area (Å²) in [6.07, 6.45) is 1.68. The van der Waals surface area contributed by atoms with E-state index in [0.717, 1.165) is 18.9 Å². The first-order valence-corrected chi connectivity index (χ1v) is 7.97. The van der Waals surface area contributed by atoms with Gasteiger partial charge in [0.1, 0.15) is 5.82 Å². The van der Waals surface area contributed by atoms with Crippen LogP contribution >= 0.6 is 0 Å². The van der Waals surface area contributed by atoms with Gasteiger partial charge in [0.15, 0.2) is 5.82 Å². The van der Waals surface area contributed by atoms with E-state index in [2.05, 4.69) is 20.0 Å². The fourth-order valence-electron chi connectivity index (χ4n) is 2.69. The Morgan fingerprint density at radius 1 is 1.29 bits per heavy atom. The van der Waals surface area contributed by atoms with Crippen molar-refractivity contribution in [3.05, 3.63) is 35.6 Å². The first kappa shape index (κ1) is 16.4. The summed E-state index contributed by atoms with van der Waals surface area (Å²) >= 11 is 0. The molecule has 128 valence electrons. The minimum Gasteiger partial charge on any atom is -0.363 e. The predicted molar refractivity (Wildman–Crippen MR) is 88.8 cm³/mol. The molecule has 0 saturated carbocycles. The number of aromatic nitrogens is 3. The molecular weight excluding hydrogens is 308 g/mol. The van der Waals surface area contributed by atoms with E-state index in [0.29, 0.717) is 36.9 Å². The second-order valence-corrected chi connectivity index (χ2v) is 6.10. The Balaban J connectivity index is 1.58. The molecule has 0 aliphatic carbocycles. The molecule has 0 spiro atoms. The molecule has 8 heteroatoms. The number of rotatable bonds is 4. The van der Waals surface area contributed by atoms with Crippen LogP contribution in [0.1, 0.15) is 22.1 Å². The number of nitrogens with zero attached hydrogens (tertiary/aromatic N) is 6. The van der Waals surface area contributed by atoms with Gasteiger partial charge in [0.25, 0.3) is 5.91 Å². The molecule has 0 N–H and O–H groups in total. The Bertz CT molecular complexity index is 706. The van der Waals surface area contributed by atoms with Gasteiger partial charge in [0, 0.05) is 59.0 Å². The van der Waals surface area contributed by atoms with Crippen molar-refractivity contribution >= 4 is 11.7 Å². The Hall–Kier alpha value is -2.48. The van der Waals surface area contributed by atoms with Crippen molar-refractivity contribution in [3.8, 4) is 0 Å². The van der Waals surface area contributed by atoms with E-state index in [1.54, 1.807) is 19.2 Å². The van der Waals surface area contributed by atoms with Crippen molar-refractivity contribution in [2.24, 2.45) is 0 Å². The third-order valence-corrected chi connectivity index (χ3v) is 4.04. The lowest BCUT2D eigenvalue weighted by Crippen LogP contribution is -2.48. The number of aryl methyl sites for hydroxylation is 1. The number of hydrogen-bond donors (Lipinski definition) is 0. The van der Waals surface area contributed by atoms with Crippen LogP contribution in [0.2, 0.25) is 0 Å². The number of pyridine rings is 1. The van der Waals surface area contributed by atoms with Gasteiger partial charge < -0.3 is 14.3 Å². The summed E-state index contributed by atoms with van der Waals surface area (Å²) in [4.78, 5) is 27.1. The van der Waals surface area contributed by atoms with E-state index in [1.165, 1.54) is 0 Å². The van der Waals surface area contributed by atoms with Crippen molar-refractivity contribution in [2.45, 2.75) is 13.5 Å². The summed E-state index contributed by atoms with van der Waals surface area (Å²) in [7, 11) is 3.82. The van der Waals surface area contributed by atoms with E-state index in [-0.39, 0.29) is 5.91 Å². The first-order chi connectivity index (χ1) is 11.5. The molecule has 1 aliphatic heterocycles. The second kappa shape index (κ2) is 6.96. The molecule has 0 unspecified atom stereocenters. The van der Waals surface area contributed by atoms with E-state index in [4.69, 9.17) is 4.52 Å². The van der Waals surface area contributed by atoms with Crippen LogP contribution < -0.4 is 4.90 Å². The van der Waals surface area contributed by atoms with Crippen LogP contribution in [0.15, 0.2) is 22.9 Å². The summed E-state index contributed by atoms with van der Waals surface area (Å²) in [6, 6.07) is 3.60. The molecule has 24 heavy (non-hydrogen) atoms. The highest BCUT2D eigenvalue weighted by Crippen LogP contribution is 2.14. The third-order valence-electron chi connectivity index (χ3n) is 4.04. The van der Waals surface area contributed by atoms with Gasteiger partial charge in [-0.1, -0.05) is 5.16 Å². The molecule has 3 rings (SSSR count). The second-order valence-electron chi connectivity index (χ2n) is 6.10. The van der Waals surface area contributed by atoms with Crippen LogP contribution in [0, 0.1) is 6.92 Å². The van der Waals surface area contributed by atoms with E-state index < -0.39 is 0 Å². The number of anilines is 1. The quantitative estimate of drug-likeness (QED) is 0.820. The van der Waals surface area contributed by atoms with Gasteiger partial charge in [-0.15, -0.1) is 0 Å². The van der Waals surface area contributed by atoms with Gasteiger partial charge >= 0.3 is 0 Å². The highest BCUT2D eigenvalue weighted by molar-refractivity contribution is 5.94. The normalized spacial score (nSPS) is 15.5. The fourth-order valence-corrected chi connectivity index (χ4v) is 2.69. The lowest BCUT2D eigenvalue weighted by atomic mass is 10.2. The zero-order chi connectivity index (χ0) is 17.1. The molecular formula is C16H22N6O2. The summed E-state index contributed by atoms with van der Waals surface area (Å²) in [6.45, 7) is 5.41. The van der Waals surface area contributed by atoms with Crippen molar-refractivity contribution in [1.82, 2.24) is 24.9 Å². The topological polar surface area (TPSA) is 78.6 Å². The number of amides is 1. The van der Waals surface area contributed by atoms with Crippen molar-refractivity contribution < 1.29 is 9.32 Å². The maximum atomic E-state index is 12.7. The van der Waals surface area contributed by atoms with E-state index in [9.17, 15) is 4.79 Å². The zero-order valence-electron chi connectivity index (χ0n) is 14.3. The van der Waals surface area contributed by atoms with Gasteiger partial charge in [-0.05, 0) is 12.1 Å². The van der Waals surface area contributed by atoms with Crippen LogP contribution in [0.25, 0.3) is 0 Å². The van der Waals surface area contributed by atoms with Gasteiger partial charge in [0.05, 0.1) is 6.54 Å². The average Bonchev–Trinajstić information content (AvgIpc) is 3.00. The smallest absolute Gasteiger partial charge is 0.254 e. The maximum Gasteiger partial charge on any atom is 0.254 e. The molecule has 3 heterocycles. The molecule has 0 bridgehead atoms. The van der Waals surface area contributed by atoms with Crippen LogP contribution in [0.3, 0.4) is 0 Å². The molecule has 0 aromatic carbocycles. The first-order valence-electron chi connectivity index (χ1n) is 7.97. The molecule has 1 amide bonds. The lowest BCUT2D eigenvalue weighted by Gasteiger charge is -2.34. The monoisotopic (exact) mass is 330 g/mol. The van der Waals surface area contributed by atoms with Crippen molar-refractivity contribution in [3.63, 3.8) is 0 Å². The summed E-state index contributed by atoms with van der Waals surface area (Å²) in [5.74, 6) is 2.10. The lowest BCUT2D eigenvalue weighted by molar-refractivity contribution is 0.0624. The minimum absolute atomic E-state index is 0.0514. The van der Waals surface area contributed by atoms with Gasteiger partial charge in [-0.25, -0.2) is 4.98 Å². The third kappa shape index (κ3) is 3.70. The summed E-state index contributed by atoms with van der Waals surface area (Å²) in [5.41, 5.74) is 0.677. The van der Waals surface area contributed by atoms with Gasteiger partial charge in [-0.3, -0.25) is 9.69 Å². The van der Waals surface area contributed by atoms with Crippen LogP contribution in [0.5, 0.6) is 0 Å². The van der Waals surface area contributed by atoms with Gasteiger partial charge in [-0.2, -0.15) is 4.98 Å². The Morgan fingerprint density at radius 2 is 2.04 bits per heavy atom. The Labute approximate surface area is 141 Å². The van der Waals surface area contributed by atoms with Crippen LogP contribution in [0.4, 0.5) is 5.82 Å². The average molecular weight is 330 g/mol. The molecule has 0 atom stereocenters. The SMILES string of the molecule is Cc1nc(CN2CCN(C(=O)c3ccnc(N(C)C)c3)CC2)no1. The minimum atomic E-state index is 0.0514. The molecule has 0 radical (unpaired) electrons. The summed E-state index contributed by atoms with van der Waals surface area (Å²) < 4.78 is 4.99. The number of hydrogen-bond acceptors (Lipinski definition) is 7. The predicted octanol–water partition coefficient (Wildman–Crippen LogP) is 0.797. The fraction of sp³-hybridized carbons (Fsp3) is 0.500. The summed E-state index contributed by atoms with van der Waals surface area (Å²) in [5, 5.41) is 3.92. The molecule has 1 aliphatic rings. The molecule has 2 aromatic heterocycles. The highest BCUT2D eigenvalue weighted by atomic mass is 16.5. The van der Waals surface area contributed by atoms with E-state index >= 15 is 0 Å². The van der Waals surface area contributed by atoms with Crippen LogP contribution in [-0.2, 0) is 6.54 Å². The largest absolute Gasteiger partial charge is 0.363 e. The highest BCUT2D eigenvalue weighted by Gasteiger charge is 2.23. The van der Waals surface area contributed by atoms with Crippen molar-refractivity contribution in [2.75, 3.05) is 45.2 Å². The molecule has 1 fully saturated rings. The molecule has 2 aromatic rings. The Kier molecular flexibility index (Phi) is 4.75. The maximum absolute atomic E-state index is 12.7. The standard InChI is InChI=1S/C16H22N6O2/c1-12-18-14(19-24-12)11-21-6-8-22(9-7-21)16(23)13-4-5-17-15(10-13)20(2)3/h4-5,10H,6-9,11H2,1-3H3. The van der Waals surface area contributed by atoms with Crippen LogP contribution in [-0.4, -0.2) is 71.1 Å². The molecule has 8 nitrogen and oxygen atoms in total. The zero-order valence-corrected chi connectivity index (χ0v) is 14.3. The Morgan fingerprint density at radius 3 is 2.67 bits per heavy atom.